The number of amides is 1. The van der Waals surface area contributed by atoms with Gasteiger partial charge < -0.3 is 14.6 Å². The van der Waals surface area contributed by atoms with Crippen LogP contribution in [0.5, 0.6) is 5.75 Å². The van der Waals surface area contributed by atoms with Gasteiger partial charge in [0.1, 0.15) is 5.75 Å². The summed E-state index contributed by atoms with van der Waals surface area (Å²) in [6, 6.07) is 13.4. The predicted octanol–water partition coefficient (Wildman–Crippen LogP) is 4.20. The van der Waals surface area contributed by atoms with Crippen molar-refractivity contribution in [2.45, 2.75) is 33.4 Å². The number of aryl methyl sites for hydroxylation is 2. The maximum atomic E-state index is 12.3. The Morgan fingerprint density at radius 3 is 2.67 bits per heavy atom. The molecule has 1 heterocycles. The second-order valence-corrected chi connectivity index (χ2v) is 7.24. The lowest BCUT2D eigenvalue weighted by Crippen LogP contribution is -2.36. The SMILES string of the molecule is Cc1cc(C)cc(O[C@@H](C)C(=O)NCc2nc(-c3cccc(Br)c3)no2)c1. The lowest BCUT2D eigenvalue weighted by atomic mass is 10.1. The molecule has 140 valence electrons. The third-order valence-corrected chi connectivity index (χ3v) is 4.34. The zero-order chi connectivity index (χ0) is 19.4. The van der Waals surface area contributed by atoms with Gasteiger partial charge in [-0.1, -0.05) is 39.3 Å². The van der Waals surface area contributed by atoms with E-state index < -0.39 is 6.10 Å². The van der Waals surface area contributed by atoms with Gasteiger partial charge in [-0.25, -0.2) is 0 Å². The van der Waals surface area contributed by atoms with Crippen molar-refractivity contribution in [3.8, 4) is 17.1 Å². The molecule has 0 radical (unpaired) electrons. The van der Waals surface area contributed by atoms with Crippen LogP contribution >= 0.6 is 15.9 Å². The summed E-state index contributed by atoms with van der Waals surface area (Å²) >= 11 is 3.41. The van der Waals surface area contributed by atoms with E-state index >= 15 is 0 Å². The summed E-state index contributed by atoms with van der Waals surface area (Å²) in [6.45, 7) is 5.82. The number of carbonyl (C=O) groups excluding carboxylic acids is 1. The molecule has 0 aliphatic rings. The molecule has 27 heavy (non-hydrogen) atoms. The average molecular weight is 430 g/mol. The van der Waals surface area contributed by atoms with Crippen molar-refractivity contribution in [3.63, 3.8) is 0 Å². The maximum Gasteiger partial charge on any atom is 0.261 e. The minimum absolute atomic E-state index is 0.139. The molecule has 1 aromatic heterocycles. The van der Waals surface area contributed by atoms with Crippen LogP contribution < -0.4 is 10.1 Å². The topological polar surface area (TPSA) is 77.2 Å². The molecule has 1 N–H and O–H groups in total. The van der Waals surface area contributed by atoms with Gasteiger partial charge in [-0.05, 0) is 56.2 Å². The van der Waals surface area contributed by atoms with E-state index in [4.69, 9.17) is 9.26 Å². The Morgan fingerprint density at radius 1 is 1.22 bits per heavy atom. The highest BCUT2D eigenvalue weighted by Crippen LogP contribution is 2.20. The number of benzene rings is 2. The summed E-state index contributed by atoms with van der Waals surface area (Å²) in [7, 11) is 0. The maximum absolute atomic E-state index is 12.3. The summed E-state index contributed by atoms with van der Waals surface area (Å²) in [5.41, 5.74) is 3.00. The Bertz CT molecular complexity index is 935. The quantitative estimate of drug-likeness (QED) is 0.635. The Kier molecular flexibility index (Phi) is 5.91. The van der Waals surface area contributed by atoms with Crippen LogP contribution in [0.4, 0.5) is 0 Å². The minimum Gasteiger partial charge on any atom is -0.481 e. The number of rotatable bonds is 6. The number of halogens is 1. The van der Waals surface area contributed by atoms with E-state index in [2.05, 4.69) is 37.5 Å². The molecule has 0 fully saturated rings. The molecule has 3 aromatic rings. The molecule has 0 saturated heterocycles. The van der Waals surface area contributed by atoms with Crippen LogP contribution in [0.1, 0.15) is 23.9 Å². The van der Waals surface area contributed by atoms with Gasteiger partial charge in [0, 0.05) is 10.0 Å². The fourth-order valence-electron chi connectivity index (χ4n) is 2.64. The molecular formula is C20H20BrN3O3. The first-order chi connectivity index (χ1) is 12.9. The second-order valence-electron chi connectivity index (χ2n) is 6.32. The first-order valence-electron chi connectivity index (χ1n) is 8.52. The van der Waals surface area contributed by atoms with Crippen molar-refractivity contribution >= 4 is 21.8 Å². The molecule has 0 aliphatic heterocycles. The Labute approximate surface area is 166 Å². The van der Waals surface area contributed by atoms with Crippen LogP contribution in [0.2, 0.25) is 0 Å². The number of nitrogens with one attached hydrogen (secondary N) is 1. The number of aromatic nitrogens is 2. The number of carbonyl (C=O) groups is 1. The summed E-state index contributed by atoms with van der Waals surface area (Å²) < 4.78 is 11.9. The molecule has 0 bridgehead atoms. The van der Waals surface area contributed by atoms with E-state index in [1.165, 1.54) is 0 Å². The average Bonchev–Trinajstić information content (AvgIpc) is 3.07. The van der Waals surface area contributed by atoms with Crippen LogP contribution in [0.15, 0.2) is 51.5 Å². The van der Waals surface area contributed by atoms with E-state index in [0.29, 0.717) is 17.5 Å². The monoisotopic (exact) mass is 429 g/mol. The Balaban J connectivity index is 1.57. The van der Waals surface area contributed by atoms with Crippen LogP contribution in [-0.4, -0.2) is 22.2 Å². The first-order valence-corrected chi connectivity index (χ1v) is 9.31. The van der Waals surface area contributed by atoms with Crippen molar-refractivity contribution in [1.82, 2.24) is 15.5 Å². The van der Waals surface area contributed by atoms with Gasteiger partial charge in [0.2, 0.25) is 11.7 Å². The predicted molar refractivity (Wildman–Crippen MR) is 105 cm³/mol. The molecule has 0 unspecified atom stereocenters. The summed E-state index contributed by atoms with van der Waals surface area (Å²) in [6.07, 6.45) is -0.640. The molecular weight excluding hydrogens is 410 g/mol. The second kappa shape index (κ2) is 8.35. The fourth-order valence-corrected chi connectivity index (χ4v) is 3.04. The molecule has 3 rings (SSSR count). The standard InChI is InChI=1S/C20H20BrN3O3/c1-12-7-13(2)9-17(8-12)26-14(3)20(25)22-11-18-23-19(24-27-18)15-5-4-6-16(21)10-15/h4-10,14H,11H2,1-3H3,(H,22,25)/t14-/m0/s1. The highest BCUT2D eigenvalue weighted by Gasteiger charge is 2.16. The van der Waals surface area contributed by atoms with Gasteiger partial charge in [0.15, 0.2) is 6.10 Å². The molecule has 6 nitrogen and oxygen atoms in total. The number of nitrogens with zero attached hydrogens (tertiary/aromatic N) is 2. The van der Waals surface area contributed by atoms with Gasteiger partial charge in [-0.2, -0.15) is 4.98 Å². The highest BCUT2D eigenvalue weighted by atomic mass is 79.9. The van der Waals surface area contributed by atoms with Crippen molar-refractivity contribution in [1.29, 1.82) is 0 Å². The summed E-state index contributed by atoms with van der Waals surface area (Å²) in [5.74, 6) is 1.22. The zero-order valence-corrected chi connectivity index (χ0v) is 16.9. The molecule has 2 aromatic carbocycles. The van der Waals surface area contributed by atoms with Gasteiger partial charge >= 0.3 is 0 Å². The van der Waals surface area contributed by atoms with Gasteiger partial charge in [0.05, 0.1) is 6.54 Å². The van der Waals surface area contributed by atoms with Crippen molar-refractivity contribution < 1.29 is 14.1 Å². The molecule has 0 spiro atoms. The smallest absolute Gasteiger partial charge is 0.261 e. The van der Waals surface area contributed by atoms with Gasteiger partial charge in [-0.3, -0.25) is 4.79 Å². The molecule has 7 heteroatoms. The lowest BCUT2D eigenvalue weighted by molar-refractivity contribution is -0.127. The third-order valence-electron chi connectivity index (χ3n) is 3.84. The zero-order valence-electron chi connectivity index (χ0n) is 15.3. The van der Waals surface area contributed by atoms with Gasteiger partial charge in [0.25, 0.3) is 5.91 Å². The Hall–Kier alpha value is -2.67. The van der Waals surface area contributed by atoms with E-state index in [0.717, 1.165) is 21.2 Å². The molecule has 0 saturated carbocycles. The van der Waals surface area contributed by atoms with E-state index in [1.807, 2.05) is 50.2 Å². The van der Waals surface area contributed by atoms with Crippen molar-refractivity contribution in [3.05, 3.63) is 64.0 Å². The number of hydrogen-bond acceptors (Lipinski definition) is 5. The molecule has 1 amide bonds. The number of ether oxygens (including phenoxy) is 1. The van der Waals surface area contributed by atoms with E-state index in [1.54, 1.807) is 6.92 Å². The largest absolute Gasteiger partial charge is 0.481 e. The minimum atomic E-state index is -0.640. The van der Waals surface area contributed by atoms with E-state index in [9.17, 15) is 4.79 Å². The van der Waals surface area contributed by atoms with Crippen LogP contribution in [-0.2, 0) is 11.3 Å². The summed E-state index contributed by atoms with van der Waals surface area (Å²) in [4.78, 5) is 16.6. The lowest BCUT2D eigenvalue weighted by Gasteiger charge is -2.15. The molecule has 0 aliphatic carbocycles. The number of hydrogen-bond donors (Lipinski definition) is 1. The molecule has 1 atom stereocenters. The van der Waals surface area contributed by atoms with Gasteiger partial charge in [-0.15, -0.1) is 0 Å². The van der Waals surface area contributed by atoms with Crippen LogP contribution in [0.3, 0.4) is 0 Å². The van der Waals surface area contributed by atoms with E-state index in [-0.39, 0.29) is 12.5 Å². The van der Waals surface area contributed by atoms with Crippen LogP contribution in [0, 0.1) is 13.8 Å². The normalized spacial score (nSPS) is 11.9. The Morgan fingerprint density at radius 2 is 1.96 bits per heavy atom. The van der Waals surface area contributed by atoms with Crippen LogP contribution in [0.25, 0.3) is 11.4 Å². The highest BCUT2D eigenvalue weighted by molar-refractivity contribution is 9.10. The van der Waals surface area contributed by atoms with Crippen molar-refractivity contribution in [2.24, 2.45) is 0 Å². The first kappa shape index (κ1) is 19.1. The van der Waals surface area contributed by atoms with Crippen molar-refractivity contribution in [2.75, 3.05) is 0 Å². The third kappa shape index (κ3) is 5.17. The summed E-state index contributed by atoms with van der Waals surface area (Å²) in [5, 5.41) is 6.70. The fraction of sp³-hybridized carbons (Fsp3) is 0.250.